The maximum atomic E-state index is 12.0. The van der Waals surface area contributed by atoms with E-state index in [0.717, 1.165) is 7.11 Å². The highest BCUT2D eigenvalue weighted by atomic mass is 32.2. The van der Waals surface area contributed by atoms with Crippen LogP contribution in [0.25, 0.3) is 0 Å². The van der Waals surface area contributed by atoms with E-state index < -0.39 is 42.4 Å². The Balaban J connectivity index is 4.68. The van der Waals surface area contributed by atoms with Crippen molar-refractivity contribution in [3.05, 3.63) is 0 Å². The summed E-state index contributed by atoms with van der Waals surface area (Å²) in [4.78, 5) is 10.6. The molecule has 0 fully saturated rings. The average Bonchev–Trinajstić information content (AvgIpc) is 2.15. The molecular weight excluding hydrogens is 250 g/mol. The number of halogens is 2. The van der Waals surface area contributed by atoms with Crippen molar-refractivity contribution in [2.75, 3.05) is 26.8 Å². The van der Waals surface area contributed by atoms with Crippen molar-refractivity contribution in [1.82, 2.24) is 9.03 Å². The van der Waals surface area contributed by atoms with Gasteiger partial charge >= 0.3 is 16.3 Å². The normalized spacial score (nSPS) is 11.9. The van der Waals surface area contributed by atoms with Crippen molar-refractivity contribution in [1.29, 1.82) is 0 Å². The molecule has 0 atom stereocenters. The molecule has 0 saturated carbocycles. The van der Waals surface area contributed by atoms with E-state index in [9.17, 15) is 22.0 Å². The Hall–Kier alpha value is -1.00. The number of rotatable bonds is 6. The molecule has 96 valence electrons. The summed E-state index contributed by atoms with van der Waals surface area (Å²) in [6.07, 6.45) is -4.21. The lowest BCUT2D eigenvalue weighted by atomic mass is 10.6. The lowest BCUT2D eigenvalue weighted by molar-refractivity contribution is 0.112. The van der Waals surface area contributed by atoms with Gasteiger partial charge in [0.1, 0.15) is 0 Å². The van der Waals surface area contributed by atoms with Crippen molar-refractivity contribution in [3.63, 3.8) is 0 Å². The lowest BCUT2D eigenvalue weighted by Gasteiger charge is -2.20. The first-order chi connectivity index (χ1) is 7.33. The topological polar surface area (TPSA) is 95.9 Å². The van der Waals surface area contributed by atoms with Gasteiger partial charge in [0.05, 0.1) is 20.3 Å². The number of aliphatic hydroxyl groups is 1. The van der Waals surface area contributed by atoms with Crippen LogP contribution in [0.5, 0.6) is 0 Å². The largest absolute Gasteiger partial charge is 0.452 e. The molecule has 10 heteroatoms. The molecule has 0 aliphatic rings. The number of carbonyl (C=O) groups excluding carboxylic acids is 1. The van der Waals surface area contributed by atoms with Gasteiger partial charge in [-0.2, -0.15) is 12.7 Å². The Kier molecular flexibility index (Phi) is 6.14. The van der Waals surface area contributed by atoms with Crippen LogP contribution in [0.2, 0.25) is 0 Å². The summed E-state index contributed by atoms with van der Waals surface area (Å²) in [5.41, 5.74) is 0. The second-order valence-corrected chi connectivity index (χ2v) is 4.24. The van der Waals surface area contributed by atoms with Crippen LogP contribution in [0.4, 0.5) is 13.6 Å². The molecule has 0 spiro atoms. The van der Waals surface area contributed by atoms with Crippen LogP contribution in [0, 0.1) is 0 Å². The molecule has 2 N–H and O–H groups in total. The first-order valence-electron chi connectivity index (χ1n) is 4.08. The molecule has 0 aromatic carbocycles. The molecule has 7 nitrogen and oxygen atoms in total. The summed E-state index contributed by atoms with van der Waals surface area (Å²) >= 11 is 0. The standard InChI is InChI=1S/C6H12F2N2O5S/c1-15-6(12)9-16(13,14)10(2-3-11)4-5(7)8/h5,11H,2-4H2,1H3,(H,9,12). The molecule has 16 heavy (non-hydrogen) atoms. The number of nitrogens with one attached hydrogen (secondary N) is 1. The Labute approximate surface area is 91.2 Å². The quantitative estimate of drug-likeness (QED) is 0.649. The van der Waals surface area contributed by atoms with E-state index in [-0.39, 0.29) is 4.31 Å². The van der Waals surface area contributed by atoms with E-state index in [2.05, 4.69) is 4.74 Å². The highest BCUT2D eigenvalue weighted by Crippen LogP contribution is 2.03. The number of amides is 1. The fraction of sp³-hybridized carbons (Fsp3) is 0.833. The van der Waals surface area contributed by atoms with Gasteiger partial charge in [0.25, 0.3) is 6.43 Å². The summed E-state index contributed by atoms with van der Waals surface area (Å²) < 4.78 is 52.3. The second-order valence-electron chi connectivity index (χ2n) is 2.57. The lowest BCUT2D eigenvalue weighted by Crippen LogP contribution is -2.46. The minimum Gasteiger partial charge on any atom is -0.452 e. The molecule has 0 aliphatic carbocycles. The predicted octanol–water partition coefficient (Wildman–Crippen LogP) is -0.853. The monoisotopic (exact) mass is 262 g/mol. The summed E-state index contributed by atoms with van der Waals surface area (Å²) in [6, 6.07) is 0. The van der Waals surface area contributed by atoms with Gasteiger partial charge in [0.15, 0.2) is 0 Å². The van der Waals surface area contributed by atoms with Crippen LogP contribution in [-0.2, 0) is 14.9 Å². The Bertz CT molecular complexity index is 321. The van der Waals surface area contributed by atoms with Crippen molar-refractivity contribution < 1.29 is 31.8 Å². The molecule has 0 aromatic rings. The van der Waals surface area contributed by atoms with Gasteiger partial charge in [-0.25, -0.2) is 18.3 Å². The fourth-order valence-electron chi connectivity index (χ4n) is 0.787. The molecule has 1 amide bonds. The highest BCUT2D eigenvalue weighted by Gasteiger charge is 2.26. The van der Waals surface area contributed by atoms with E-state index >= 15 is 0 Å². The molecular formula is C6H12F2N2O5S. The Morgan fingerprint density at radius 2 is 2.12 bits per heavy atom. The Morgan fingerprint density at radius 3 is 2.50 bits per heavy atom. The minimum absolute atomic E-state index is 0.245. The van der Waals surface area contributed by atoms with Gasteiger partial charge in [-0.05, 0) is 0 Å². The van der Waals surface area contributed by atoms with E-state index in [1.807, 2.05) is 0 Å². The first-order valence-corrected chi connectivity index (χ1v) is 5.52. The summed E-state index contributed by atoms with van der Waals surface area (Å²) in [7, 11) is -3.50. The van der Waals surface area contributed by atoms with E-state index in [1.165, 1.54) is 4.72 Å². The number of carbonyl (C=O) groups is 1. The van der Waals surface area contributed by atoms with Crippen LogP contribution in [0.1, 0.15) is 0 Å². The molecule has 0 aromatic heterocycles. The van der Waals surface area contributed by atoms with Gasteiger partial charge in [0.2, 0.25) is 0 Å². The molecule has 0 heterocycles. The van der Waals surface area contributed by atoms with E-state index in [0.29, 0.717) is 0 Å². The highest BCUT2D eigenvalue weighted by molar-refractivity contribution is 7.87. The van der Waals surface area contributed by atoms with Crippen molar-refractivity contribution in [2.45, 2.75) is 6.43 Å². The zero-order chi connectivity index (χ0) is 12.8. The average molecular weight is 262 g/mol. The predicted molar refractivity (Wildman–Crippen MR) is 49.1 cm³/mol. The maximum Gasteiger partial charge on any atom is 0.421 e. The molecule has 0 saturated heterocycles. The van der Waals surface area contributed by atoms with Crippen molar-refractivity contribution >= 4 is 16.3 Å². The van der Waals surface area contributed by atoms with Gasteiger partial charge in [-0.15, -0.1) is 0 Å². The molecule has 0 rings (SSSR count). The maximum absolute atomic E-state index is 12.0. The fourth-order valence-corrected chi connectivity index (χ4v) is 1.84. The van der Waals surface area contributed by atoms with Gasteiger partial charge < -0.3 is 9.84 Å². The third kappa shape index (κ3) is 5.19. The molecule has 0 radical (unpaired) electrons. The summed E-state index contributed by atoms with van der Waals surface area (Å²) in [6.45, 7) is -2.31. The third-order valence-electron chi connectivity index (χ3n) is 1.43. The molecule has 0 bridgehead atoms. The molecule has 0 unspecified atom stereocenters. The molecule has 0 aliphatic heterocycles. The number of aliphatic hydroxyl groups excluding tert-OH is 1. The van der Waals surface area contributed by atoms with Crippen LogP contribution in [0.15, 0.2) is 0 Å². The first kappa shape index (κ1) is 15.0. The SMILES string of the molecule is COC(=O)NS(=O)(=O)N(CCO)CC(F)F. The summed E-state index contributed by atoms with van der Waals surface area (Å²) in [5.74, 6) is 0. The van der Waals surface area contributed by atoms with Crippen molar-refractivity contribution in [2.24, 2.45) is 0 Å². The number of methoxy groups -OCH3 is 1. The zero-order valence-corrected chi connectivity index (χ0v) is 9.21. The van der Waals surface area contributed by atoms with Crippen LogP contribution < -0.4 is 4.72 Å². The second kappa shape index (κ2) is 6.55. The Morgan fingerprint density at radius 1 is 1.56 bits per heavy atom. The number of alkyl halides is 2. The number of ether oxygens (including phenoxy) is 1. The smallest absolute Gasteiger partial charge is 0.421 e. The van der Waals surface area contributed by atoms with Gasteiger partial charge in [-0.3, -0.25) is 0 Å². The van der Waals surface area contributed by atoms with Gasteiger partial charge in [-0.1, -0.05) is 0 Å². The van der Waals surface area contributed by atoms with Crippen molar-refractivity contribution in [3.8, 4) is 0 Å². The number of hydrogen-bond donors (Lipinski definition) is 2. The number of hydrogen-bond acceptors (Lipinski definition) is 5. The number of nitrogens with zero attached hydrogens (tertiary/aromatic N) is 1. The zero-order valence-electron chi connectivity index (χ0n) is 8.39. The van der Waals surface area contributed by atoms with Gasteiger partial charge in [0, 0.05) is 6.54 Å². The van der Waals surface area contributed by atoms with Crippen LogP contribution in [0.3, 0.4) is 0 Å². The summed E-state index contributed by atoms with van der Waals surface area (Å²) in [5, 5.41) is 8.51. The van der Waals surface area contributed by atoms with E-state index in [4.69, 9.17) is 5.11 Å². The van der Waals surface area contributed by atoms with Crippen LogP contribution >= 0.6 is 0 Å². The van der Waals surface area contributed by atoms with Crippen LogP contribution in [-0.4, -0.2) is 57.2 Å². The third-order valence-corrected chi connectivity index (χ3v) is 2.86. The van der Waals surface area contributed by atoms with E-state index in [1.54, 1.807) is 0 Å². The minimum atomic E-state index is -4.42.